The summed E-state index contributed by atoms with van der Waals surface area (Å²) in [5.74, 6) is 0.655. The maximum absolute atomic E-state index is 11.5. The number of rotatable bonds is 5. The number of aryl methyl sites for hydroxylation is 1. The standard InChI is InChI=1S/C12H15N3O2S2/c1-9-5-6-18-11(9)8-15-12-4-3-10(7-14-12)19(16,17)13-2/h3-7,13H,8H2,1-2H3,(H,14,15). The zero-order valence-corrected chi connectivity index (χ0v) is 12.3. The van der Waals surface area contributed by atoms with Crippen molar-refractivity contribution in [3.05, 3.63) is 40.2 Å². The molecule has 19 heavy (non-hydrogen) atoms. The second kappa shape index (κ2) is 5.68. The van der Waals surface area contributed by atoms with Gasteiger partial charge in [0.1, 0.15) is 10.7 Å². The fraction of sp³-hybridized carbons (Fsp3) is 0.250. The molecule has 0 aliphatic heterocycles. The lowest BCUT2D eigenvalue weighted by molar-refractivity contribution is 0.588. The number of hydrogen-bond donors (Lipinski definition) is 2. The Bertz CT molecular complexity index is 648. The zero-order valence-electron chi connectivity index (χ0n) is 10.7. The number of hydrogen-bond acceptors (Lipinski definition) is 5. The van der Waals surface area contributed by atoms with Crippen LogP contribution in [-0.2, 0) is 16.6 Å². The highest BCUT2D eigenvalue weighted by Crippen LogP contribution is 2.17. The van der Waals surface area contributed by atoms with Crippen LogP contribution in [0.25, 0.3) is 0 Å². The Labute approximate surface area is 116 Å². The van der Waals surface area contributed by atoms with Gasteiger partial charge in [0, 0.05) is 11.1 Å². The Hall–Kier alpha value is -1.44. The first-order valence-electron chi connectivity index (χ1n) is 5.69. The topological polar surface area (TPSA) is 71.1 Å². The van der Waals surface area contributed by atoms with Gasteiger partial charge in [-0.1, -0.05) is 0 Å². The molecule has 0 fully saturated rings. The highest BCUT2D eigenvalue weighted by atomic mass is 32.2. The number of nitrogens with one attached hydrogen (secondary N) is 2. The predicted molar refractivity (Wildman–Crippen MR) is 76.9 cm³/mol. The van der Waals surface area contributed by atoms with Crippen molar-refractivity contribution in [2.24, 2.45) is 0 Å². The molecular formula is C12H15N3O2S2. The van der Waals surface area contributed by atoms with Crippen molar-refractivity contribution >= 4 is 27.2 Å². The molecule has 2 rings (SSSR count). The number of sulfonamides is 1. The molecule has 2 N–H and O–H groups in total. The minimum atomic E-state index is -3.42. The minimum absolute atomic E-state index is 0.160. The molecule has 5 nitrogen and oxygen atoms in total. The quantitative estimate of drug-likeness (QED) is 0.885. The van der Waals surface area contributed by atoms with E-state index >= 15 is 0 Å². The van der Waals surface area contributed by atoms with Crippen LogP contribution in [0.5, 0.6) is 0 Å². The van der Waals surface area contributed by atoms with Gasteiger partial charge < -0.3 is 5.32 Å². The van der Waals surface area contributed by atoms with Crippen LogP contribution in [0.15, 0.2) is 34.7 Å². The van der Waals surface area contributed by atoms with Gasteiger partial charge in [0.05, 0.1) is 6.54 Å². The molecule has 0 amide bonds. The van der Waals surface area contributed by atoms with E-state index in [1.54, 1.807) is 17.4 Å². The molecule has 102 valence electrons. The second-order valence-corrected chi connectivity index (χ2v) is 6.85. The number of thiophene rings is 1. The average Bonchev–Trinajstić information content (AvgIpc) is 2.82. The number of pyridine rings is 1. The van der Waals surface area contributed by atoms with E-state index in [-0.39, 0.29) is 4.90 Å². The smallest absolute Gasteiger partial charge is 0.241 e. The largest absolute Gasteiger partial charge is 0.365 e. The van der Waals surface area contributed by atoms with Crippen molar-refractivity contribution in [1.29, 1.82) is 0 Å². The molecule has 2 aromatic rings. The molecule has 0 spiro atoms. The maximum Gasteiger partial charge on any atom is 0.241 e. The van der Waals surface area contributed by atoms with Gasteiger partial charge in [-0.3, -0.25) is 0 Å². The monoisotopic (exact) mass is 297 g/mol. The highest BCUT2D eigenvalue weighted by molar-refractivity contribution is 7.89. The molecule has 0 aliphatic carbocycles. The fourth-order valence-corrected chi connectivity index (χ4v) is 3.04. The zero-order chi connectivity index (χ0) is 13.9. The number of aromatic nitrogens is 1. The summed E-state index contributed by atoms with van der Waals surface area (Å²) in [6, 6.07) is 5.26. The maximum atomic E-state index is 11.5. The van der Waals surface area contributed by atoms with Crippen LogP contribution in [-0.4, -0.2) is 20.4 Å². The molecule has 2 aromatic heterocycles. The molecule has 0 aromatic carbocycles. The SMILES string of the molecule is CNS(=O)(=O)c1ccc(NCc2sccc2C)nc1. The number of anilines is 1. The third-order valence-electron chi connectivity index (χ3n) is 2.71. The summed E-state index contributed by atoms with van der Waals surface area (Å²) >= 11 is 1.68. The van der Waals surface area contributed by atoms with E-state index in [0.29, 0.717) is 12.4 Å². The summed E-state index contributed by atoms with van der Waals surface area (Å²) in [6.07, 6.45) is 1.34. The molecule has 2 heterocycles. The van der Waals surface area contributed by atoms with Gasteiger partial charge in [-0.15, -0.1) is 11.3 Å². The lowest BCUT2D eigenvalue weighted by Crippen LogP contribution is -2.18. The van der Waals surface area contributed by atoms with Crippen molar-refractivity contribution in [2.75, 3.05) is 12.4 Å². The molecule has 0 unspecified atom stereocenters. The van der Waals surface area contributed by atoms with Crippen molar-refractivity contribution in [1.82, 2.24) is 9.71 Å². The Morgan fingerprint density at radius 3 is 2.63 bits per heavy atom. The summed E-state index contributed by atoms with van der Waals surface area (Å²) < 4.78 is 25.3. The molecule has 7 heteroatoms. The first-order chi connectivity index (χ1) is 9.03. The van der Waals surface area contributed by atoms with E-state index in [0.717, 1.165) is 0 Å². The molecule has 0 saturated heterocycles. The predicted octanol–water partition coefficient (Wildman–Crippen LogP) is 1.97. The summed E-state index contributed by atoms with van der Waals surface area (Å²) in [6.45, 7) is 2.75. The van der Waals surface area contributed by atoms with E-state index in [9.17, 15) is 8.42 Å². The van der Waals surface area contributed by atoms with Gasteiger partial charge in [-0.25, -0.2) is 18.1 Å². The van der Waals surface area contributed by atoms with Crippen LogP contribution in [0.4, 0.5) is 5.82 Å². The van der Waals surface area contributed by atoms with Gasteiger partial charge in [0.2, 0.25) is 10.0 Å². The summed E-state index contributed by atoms with van der Waals surface area (Å²) in [4.78, 5) is 5.50. The van der Waals surface area contributed by atoms with Crippen LogP contribution in [0.3, 0.4) is 0 Å². The van der Waals surface area contributed by atoms with Crippen LogP contribution in [0.2, 0.25) is 0 Å². The summed E-state index contributed by atoms with van der Waals surface area (Å²) in [5, 5.41) is 5.21. The summed E-state index contributed by atoms with van der Waals surface area (Å²) in [5.41, 5.74) is 1.24. The molecule has 0 radical (unpaired) electrons. The van der Waals surface area contributed by atoms with Crippen molar-refractivity contribution in [2.45, 2.75) is 18.4 Å². The van der Waals surface area contributed by atoms with E-state index in [1.165, 1.54) is 29.8 Å². The van der Waals surface area contributed by atoms with Gasteiger partial charge in [0.15, 0.2) is 0 Å². The number of nitrogens with zero attached hydrogens (tertiary/aromatic N) is 1. The lowest BCUT2D eigenvalue weighted by atomic mass is 10.3. The van der Waals surface area contributed by atoms with Crippen LogP contribution in [0.1, 0.15) is 10.4 Å². The fourth-order valence-electron chi connectivity index (χ4n) is 1.52. The minimum Gasteiger partial charge on any atom is -0.365 e. The first-order valence-corrected chi connectivity index (χ1v) is 8.05. The van der Waals surface area contributed by atoms with Gasteiger partial charge in [-0.2, -0.15) is 0 Å². The van der Waals surface area contributed by atoms with Gasteiger partial charge >= 0.3 is 0 Å². The van der Waals surface area contributed by atoms with Crippen LogP contribution >= 0.6 is 11.3 Å². The molecule has 0 atom stereocenters. The Morgan fingerprint density at radius 2 is 2.11 bits per heavy atom. The van der Waals surface area contributed by atoms with Crippen LogP contribution in [0, 0.1) is 6.92 Å². The van der Waals surface area contributed by atoms with Gasteiger partial charge in [0.25, 0.3) is 0 Å². The van der Waals surface area contributed by atoms with Crippen molar-refractivity contribution in [3.63, 3.8) is 0 Å². The van der Waals surface area contributed by atoms with Crippen molar-refractivity contribution in [3.8, 4) is 0 Å². The van der Waals surface area contributed by atoms with E-state index in [4.69, 9.17) is 0 Å². The molecular weight excluding hydrogens is 282 g/mol. The van der Waals surface area contributed by atoms with Crippen molar-refractivity contribution < 1.29 is 8.42 Å². The average molecular weight is 297 g/mol. The first kappa shape index (κ1) is 14.0. The van der Waals surface area contributed by atoms with E-state index in [1.807, 2.05) is 5.38 Å². The third-order valence-corrected chi connectivity index (χ3v) is 5.14. The normalized spacial score (nSPS) is 11.5. The highest BCUT2D eigenvalue weighted by Gasteiger charge is 2.11. The Kier molecular flexibility index (Phi) is 4.18. The molecule has 0 aliphatic rings. The third kappa shape index (κ3) is 3.31. The second-order valence-electron chi connectivity index (χ2n) is 3.97. The Morgan fingerprint density at radius 1 is 1.32 bits per heavy atom. The summed E-state index contributed by atoms with van der Waals surface area (Å²) in [7, 11) is -2.04. The van der Waals surface area contributed by atoms with Crippen LogP contribution < -0.4 is 10.0 Å². The lowest BCUT2D eigenvalue weighted by Gasteiger charge is -2.06. The van der Waals surface area contributed by atoms with E-state index < -0.39 is 10.0 Å². The van der Waals surface area contributed by atoms with E-state index in [2.05, 4.69) is 28.0 Å². The molecule has 0 bridgehead atoms. The van der Waals surface area contributed by atoms with Gasteiger partial charge in [-0.05, 0) is 43.1 Å². The molecule has 0 saturated carbocycles. The Balaban J connectivity index is 2.06.